The van der Waals surface area contributed by atoms with Gasteiger partial charge in [-0.15, -0.1) is 0 Å². The molecule has 0 atom stereocenters. The van der Waals surface area contributed by atoms with Gasteiger partial charge in [0.05, 0.1) is 6.54 Å². The number of aryl methyl sites for hydroxylation is 1. The van der Waals surface area contributed by atoms with Crippen molar-refractivity contribution >= 4 is 0 Å². The molecule has 5 nitrogen and oxygen atoms in total. The molecule has 0 amide bonds. The SMILES string of the molecule is CCN(CC)CCNCc1ncnn1C. The Morgan fingerprint density at radius 3 is 2.67 bits per heavy atom. The molecule has 15 heavy (non-hydrogen) atoms. The van der Waals surface area contributed by atoms with E-state index in [1.807, 2.05) is 7.05 Å². The second-order valence-electron chi connectivity index (χ2n) is 3.50. The molecule has 0 aliphatic heterocycles. The molecule has 0 fully saturated rings. The van der Waals surface area contributed by atoms with E-state index >= 15 is 0 Å². The number of nitrogens with one attached hydrogen (secondary N) is 1. The van der Waals surface area contributed by atoms with Crippen molar-refractivity contribution in [2.75, 3.05) is 26.2 Å². The van der Waals surface area contributed by atoms with E-state index in [2.05, 4.69) is 34.1 Å². The predicted molar refractivity (Wildman–Crippen MR) is 60.5 cm³/mol. The van der Waals surface area contributed by atoms with Gasteiger partial charge in [-0.1, -0.05) is 13.8 Å². The summed E-state index contributed by atoms with van der Waals surface area (Å²) in [7, 11) is 1.91. The van der Waals surface area contributed by atoms with Gasteiger partial charge in [0.2, 0.25) is 0 Å². The maximum atomic E-state index is 4.15. The molecule has 1 rings (SSSR count). The first-order valence-corrected chi connectivity index (χ1v) is 5.53. The number of hydrogen-bond acceptors (Lipinski definition) is 4. The molecule has 1 aromatic rings. The van der Waals surface area contributed by atoms with Crippen LogP contribution in [0, 0.1) is 0 Å². The first-order chi connectivity index (χ1) is 7.27. The zero-order valence-corrected chi connectivity index (χ0v) is 9.90. The summed E-state index contributed by atoms with van der Waals surface area (Å²) in [5.74, 6) is 0.981. The van der Waals surface area contributed by atoms with E-state index in [-0.39, 0.29) is 0 Å². The van der Waals surface area contributed by atoms with E-state index < -0.39 is 0 Å². The van der Waals surface area contributed by atoms with Crippen LogP contribution in [-0.2, 0) is 13.6 Å². The zero-order valence-electron chi connectivity index (χ0n) is 9.90. The van der Waals surface area contributed by atoms with Gasteiger partial charge in [-0.05, 0) is 13.1 Å². The van der Waals surface area contributed by atoms with Crippen LogP contribution in [0.15, 0.2) is 6.33 Å². The first kappa shape index (κ1) is 12.1. The molecule has 0 radical (unpaired) electrons. The quantitative estimate of drug-likeness (QED) is 0.657. The second-order valence-corrected chi connectivity index (χ2v) is 3.50. The minimum absolute atomic E-state index is 0.789. The van der Waals surface area contributed by atoms with E-state index in [4.69, 9.17) is 0 Å². The molecule has 0 bridgehead atoms. The molecule has 1 heterocycles. The highest BCUT2D eigenvalue weighted by molar-refractivity contribution is 4.81. The summed E-state index contributed by atoms with van der Waals surface area (Å²) >= 11 is 0. The zero-order chi connectivity index (χ0) is 11.1. The smallest absolute Gasteiger partial charge is 0.140 e. The minimum atomic E-state index is 0.789. The standard InChI is InChI=1S/C10H21N5/c1-4-15(5-2)7-6-11-8-10-12-9-13-14(10)3/h9,11H,4-8H2,1-3H3. The third-order valence-corrected chi connectivity index (χ3v) is 2.59. The van der Waals surface area contributed by atoms with Crippen molar-refractivity contribution in [1.29, 1.82) is 0 Å². The van der Waals surface area contributed by atoms with Crippen LogP contribution < -0.4 is 5.32 Å². The molecule has 0 aliphatic carbocycles. The molecule has 0 spiro atoms. The van der Waals surface area contributed by atoms with Crippen LogP contribution in [0.1, 0.15) is 19.7 Å². The average Bonchev–Trinajstić information content (AvgIpc) is 2.65. The number of hydrogen-bond donors (Lipinski definition) is 1. The van der Waals surface area contributed by atoms with Crippen molar-refractivity contribution in [2.24, 2.45) is 7.05 Å². The molecule has 1 aromatic heterocycles. The third kappa shape index (κ3) is 3.97. The van der Waals surface area contributed by atoms with Crippen LogP contribution >= 0.6 is 0 Å². The Hall–Kier alpha value is -0.940. The molecule has 0 aliphatic rings. The average molecular weight is 211 g/mol. The van der Waals surface area contributed by atoms with E-state index in [9.17, 15) is 0 Å². The van der Waals surface area contributed by atoms with Gasteiger partial charge in [0.1, 0.15) is 12.2 Å². The highest BCUT2D eigenvalue weighted by Crippen LogP contribution is 1.89. The van der Waals surface area contributed by atoms with Gasteiger partial charge < -0.3 is 10.2 Å². The molecule has 86 valence electrons. The molecule has 0 saturated carbocycles. The van der Waals surface area contributed by atoms with E-state index in [0.717, 1.165) is 38.5 Å². The fraction of sp³-hybridized carbons (Fsp3) is 0.800. The summed E-state index contributed by atoms with van der Waals surface area (Å²) in [5.41, 5.74) is 0. The lowest BCUT2D eigenvalue weighted by Crippen LogP contribution is -2.32. The van der Waals surface area contributed by atoms with Gasteiger partial charge >= 0.3 is 0 Å². The van der Waals surface area contributed by atoms with E-state index in [1.54, 1.807) is 11.0 Å². The summed E-state index contributed by atoms with van der Waals surface area (Å²) in [6.07, 6.45) is 1.58. The van der Waals surface area contributed by atoms with Crippen LogP contribution in [0.25, 0.3) is 0 Å². The highest BCUT2D eigenvalue weighted by Gasteiger charge is 2.00. The van der Waals surface area contributed by atoms with Crippen molar-refractivity contribution in [1.82, 2.24) is 25.0 Å². The van der Waals surface area contributed by atoms with Crippen molar-refractivity contribution in [3.8, 4) is 0 Å². The summed E-state index contributed by atoms with van der Waals surface area (Å²) < 4.78 is 1.80. The van der Waals surface area contributed by atoms with Gasteiger partial charge in [-0.25, -0.2) is 4.98 Å². The molecule has 1 N–H and O–H groups in total. The Balaban J connectivity index is 2.14. The van der Waals surface area contributed by atoms with Gasteiger partial charge in [0.15, 0.2) is 0 Å². The number of aromatic nitrogens is 3. The maximum Gasteiger partial charge on any atom is 0.140 e. The van der Waals surface area contributed by atoms with Crippen LogP contribution in [0.5, 0.6) is 0 Å². The Morgan fingerprint density at radius 1 is 1.40 bits per heavy atom. The Bertz CT molecular complexity index is 267. The Morgan fingerprint density at radius 2 is 2.13 bits per heavy atom. The van der Waals surface area contributed by atoms with Gasteiger partial charge in [0.25, 0.3) is 0 Å². The lowest BCUT2D eigenvalue weighted by atomic mass is 10.4. The first-order valence-electron chi connectivity index (χ1n) is 5.53. The van der Waals surface area contributed by atoms with Crippen molar-refractivity contribution in [2.45, 2.75) is 20.4 Å². The van der Waals surface area contributed by atoms with E-state index in [0.29, 0.717) is 0 Å². The highest BCUT2D eigenvalue weighted by atomic mass is 15.3. The van der Waals surface area contributed by atoms with Crippen molar-refractivity contribution in [3.05, 3.63) is 12.2 Å². The third-order valence-electron chi connectivity index (χ3n) is 2.59. The van der Waals surface area contributed by atoms with E-state index in [1.165, 1.54) is 0 Å². The molecular weight excluding hydrogens is 190 g/mol. The summed E-state index contributed by atoms with van der Waals surface area (Å²) in [5, 5.41) is 7.38. The van der Waals surface area contributed by atoms with Crippen molar-refractivity contribution < 1.29 is 0 Å². The van der Waals surface area contributed by atoms with Crippen LogP contribution in [0.3, 0.4) is 0 Å². The molecular formula is C10H21N5. The van der Waals surface area contributed by atoms with Crippen LogP contribution in [-0.4, -0.2) is 45.8 Å². The molecule has 0 saturated heterocycles. The van der Waals surface area contributed by atoms with Gasteiger partial charge in [0, 0.05) is 20.1 Å². The lowest BCUT2D eigenvalue weighted by Gasteiger charge is -2.17. The summed E-state index contributed by atoms with van der Waals surface area (Å²) in [6, 6.07) is 0. The topological polar surface area (TPSA) is 46.0 Å². The van der Waals surface area contributed by atoms with Gasteiger partial charge in [-0.3, -0.25) is 4.68 Å². The Labute approximate surface area is 91.5 Å². The summed E-state index contributed by atoms with van der Waals surface area (Å²) in [6.45, 7) is 9.47. The number of likely N-dealkylation sites (N-methyl/N-ethyl adjacent to an activating group) is 1. The normalized spacial score (nSPS) is 11.2. The Kier molecular flexibility index (Phi) is 5.28. The largest absolute Gasteiger partial charge is 0.309 e. The predicted octanol–water partition coefficient (Wildman–Crippen LogP) is 0.246. The monoisotopic (exact) mass is 211 g/mol. The minimum Gasteiger partial charge on any atom is -0.309 e. The number of rotatable bonds is 7. The van der Waals surface area contributed by atoms with Crippen LogP contribution in [0.2, 0.25) is 0 Å². The lowest BCUT2D eigenvalue weighted by molar-refractivity contribution is 0.301. The fourth-order valence-electron chi connectivity index (χ4n) is 1.46. The molecule has 0 aromatic carbocycles. The second kappa shape index (κ2) is 6.53. The van der Waals surface area contributed by atoms with Gasteiger partial charge in [-0.2, -0.15) is 5.10 Å². The number of nitrogens with zero attached hydrogens (tertiary/aromatic N) is 4. The fourth-order valence-corrected chi connectivity index (χ4v) is 1.46. The van der Waals surface area contributed by atoms with Crippen molar-refractivity contribution in [3.63, 3.8) is 0 Å². The maximum absolute atomic E-state index is 4.15. The van der Waals surface area contributed by atoms with Crippen LogP contribution in [0.4, 0.5) is 0 Å². The molecule has 0 unspecified atom stereocenters. The molecule has 5 heteroatoms. The summed E-state index contributed by atoms with van der Waals surface area (Å²) in [4.78, 5) is 6.54.